The molecule has 4 N–H and O–H groups in total. The molecule has 0 bridgehead atoms. The van der Waals surface area contributed by atoms with Crippen LogP contribution in [0.3, 0.4) is 0 Å². The van der Waals surface area contributed by atoms with Crippen LogP contribution in [0.1, 0.15) is 34.5 Å². The summed E-state index contributed by atoms with van der Waals surface area (Å²) in [4.78, 5) is 23.3. The van der Waals surface area contributed by atoms with Crippen molar-refractivity contribution in [3.63, 3.8) is 0 Å². The summed E-state index contributed by atoms with van der Waals surface area (Å²) >= 11 is 0. The Morgan fingerprint density at radius 3 is 2.57 bits per heavy atom. The van der Waals surface area contributed by atoms with Crippen LogP contribution < -0.4 is 16.4 Å². The SMILES string of the molecule is Cc1ccc([C@H](C)NC(=O)Nc2cccc(F)c2)cc1C(N)=O. The lowest BCUT2D eigenvalue weighted by molar-refractivity contribution is 0.0999. The number of amides is 3. The van der Waals surface area contributed by atoms with Crippen LogP contribution in [0, 0.1) is 12.7 Å². The fourth-order valence-corrected chi connectivity index (χ4v) is 2.19. The molecule has 0 fully saturated rings. The lowest BCUT2D eigenvalue weighted by atomic mass is 10.0. The molecule has 2 aromatic rings. The molecule has 0 aliphatic carbocycles. The molecule has 5 nitrogen and oxygen atoms in total. The van der Waals surface area contributed by atoms with Crippen LogP contribution in [0.25, 0.3) is 0 Å². The number of carbonyl (C=O) groups excluding carboxylic acids is 2. The highest BCUT2D eigenvalue weighted by Gasteiger charge is 2.13. The van der Waals surface area contributed by atoms with E-state index in [-0.39, 0.29) is 6.04 Å². The zero-order valence-corrected chi connectivity index (χ0v) is 12.9. The van der Waals surface area contributed by atoms with Gasteiger partial charge in [0.05, 0.1) is 6.04 Å². The van der Waals surface area contributed by atoms with E-state index in [9.17, 15) is 14.0 Å². The van der Waals surface area contributed by atoms with Gasteiger partial charge in [0.25, 0.3) is 0 Å². The smallest absolute Gasteiger partial charge is 0.319 e. The number of urea groups is 1. The van der Waals surface area contributed by atoms with E-state index in [0.29, 0.717) is 11.3 Å². The van der Waals surface area contributed by atoms with Crippen molar-refractivity contribution in [3.05, 3.63) is 65.0 Å². The number of benzene rings is 2. The molecule has 23 heavy (non-hydrogen) atoms. The molecule has 0 unspecified atom stereocenters. The summed E-state index contributed by atoms with van der Waals surface area (Å²) < 4.78 is 13.1. The number of hydrogen-bond donors (Lipinski definition) is 3. The lowest BCUT2D eigenvalue weighted by Crippen LogP contribution is -2.31. The highest BCUT2D eigenvalue weighted by molar-refractivity contribution is 5.94. The Hall–Kier alpha value is -2.89. The van der Waals surface area contributed by atoms with Gasteiger partial charge in [0.15, 0.2) is 0 Å². The summed E-state index contributed by atoms with van der Waals surface area (Å²) in [6.07, 6.45) is 0. The number of nitrogens with one attached hydrogen (secondary N) is 2. The summed E-state index contributed by atoms with van der Waals surface area (Å²) in [5.74, 6) is -0.943. The minimum Gasteiger partial charge on any atom is -0.366 e. The van der Waals surface area contributed by atoms with Crippen LogP contribution in [0.5, 0.6) is 0 Å². The molecule has 3 amide bonds. The van der Waals surface area contributed by atoms with Crippen molar-refractivity contribution in [1.82, 2.24) is 5.32 Å². The third kappa shape index (κ3) is 4.29. The highest BCUT2D eigenvalue weighted by atomic mass is 19.1. The van der Waals surface area contributed by atoms with Crippen LogP contribution in [0.4, 0.5) is 14.9 Å². The third-order valence-corrected chi connectivity index (χ3v) is 3.46. The molecule has 1 atom stereocenters. The topological polar surface area (TPSA) is 84.2 Å². The first-order valence-electron chi connectivity index (χ1n) is 7.10. The van der Waals surface area contributed by atoms with Crippen LogP contribution in [-0.2, 0) is 0 Å². The maximum Gasteiger partial charge on any atom is 0.319 e. The number of hydrogen-bond acceptors (Lipinski definition) is 2. The minimum atomic E-state index is -0.513. The monoisotopic (exact) mass is 315 g/mol. The first kappa shape index (κ1) is 16.5. The molecule has 0 heterocycles. The van der Waals surface area contributed by atoms with Gasteiger partial charge in [-0.15, -0.1) is 0 Å². The Labute approximate surface area is 133 Å². The van der Waals surface area contributed by atoms with E-state index in [0.717, 1.165) is 11.1 Å². The van der Waals surface area contributed by atoms with Gasteiger partial charge in [-0.3, -0.25) is 4.79 Å². The Morgan fingerprint density at radius 1 is 1.17 bits per heavy atom. The highest BCUT2D eigenvalue weighted by Crippen LogP contribution is 2.17. The van der Waals surface area contributed by atoms with E-state index in [1.807, 2.05) is 6.07 Å². The molecule has 0 radical (unpaired) electrons. The van der Waals surface area contributed by atoms with Gasteiger partial charge in [0.2, 0.25) is 5.91 Å². The van der Waals surface area contributed by atoms with Gasteiger partial charge in [-0.25, -0.2) is 9.18 Å². The first-order valence-corrected chi connectivity index (χ1v) is 7.10. The van der Waals surface area contributed by atoms with Crippen LogP contribution in [-0.4, -0.2) is 11.9 Å². The average Bonchev–Trinajstić information content (AvgIpc) is 2.47. The second kappa shape index (κ2) is 6.91. The molecule has 6 heteroatoms. The fourth-order valence-electron chi connectivity index (χ4n) is 2.19. The van der Waals surface area contributed by atoms with Crippen molar-refractivity contribution < 1.29 is 14.0 Å². The Bertz CT molecular complexity index is 746. The summed E-state index contributed by atoms with van der Waals surface area (Å²) in [7, 11) is 0. The van der Waals surface area contributed by atoms with Gasteiger partial charge < -0.3 is 16.4 Å². The predicted octanol–water partition coefficient (Wildman–Crippen LogP) is 3.12. The molecule has 120 valence electrons. The number of halogens is 1. The van der Waals surface area contributed by atoms with Crippen molar-refractivity contribution in [1.29, 1.82) is 0 Å². The summed E-state index contributed by atoms with van der Waals surface area (Å²) in [6, 6.07) is 10.0. The standard InChI is InChI=1S/C17H18FN3O2/c1-10-6-7-12(8-15(10)16(19)22)11(2)20-17(23)21-14-5-3-4-13(18)9-14/h3-9,11H,1-2H3,(H2,19,22)(H2,20,21,23)/t11-/m0/s1. The fraction of sp³-hybridized carbons (Fsp3) is 0.176. The molecule has 0 spiro atoms. The van der Waals surface area contributed by atoms with Crippen molar-refractivity contribution in [3.8, 4) is 0 Å². The molecule has 2 aromatic carbocycles. The molecular formula is C17H18FN3O2. The Kier molecular flexibility index (Phi) is 4.95. The normalized spacial score (nSPS) is 11.6. The lowest BCUT2D eigenvalue weighted by Gasteiger charge is -2.16. The van der Waals surface area contributed by atoms with Gasteiger partial charge in [0.1, 0.15) is 5.82 Å². The van der Waals surface area contributed by atoms with Crippen molar-refractivity contribution >= 4 is 17.6 Å². The second-order valence-corrected chi connectivity index (χ2v) is 5.27. The number of rotatable bonds is 4. The number of anilines is 1. The van der Waals surface area contributed by atoms with Crippen LogP contribution >= 0.6 is 0 Å². The summed E-state index contributed by atoms with van der Waals surface area (Å²) in [5.41, 5.74) is 7.63. The Balaban J connectivity index is 2.06. The second-order valence-electron chi connectivity index (χ2n) is 5.27. The maximum atomic E-state index is 13.1. The van der Waals surface area contributed by atoms with Crippen molar-refractivity contribution in [2.24, 2.45) is 5.73 Å². The third-order valence-electron chi connectivity index (χ3n) is 3.46. The summed E-state index contributed by atoms with van der Waals surface area (Å²) in [6.45, 7) is 3.57. The summed E-state index contributed by atoms with van der Waals surface area (Å²) in [5, 5.41) is 5.28. The molecule has 0 aliphatic heterocycles. The van der Waals surface area contributed by atoms with E-state index < -0.39 is 17.8 Å². The maximum absolute atomic E-state index is 13.1. The average molecular weight is 315 g/mol. The minimum absolute atomic E-state index is 0.345. The van der Waals surface area contributed by atoms with Gasteiger partial charge >= 0.3 is 6.03 Å². The molecule has 0 saturated carbocycles. The van der Waals surface area contributed by atoms with Gasteiger partial charge in [-0.05, 0) is 49.2 Å². The quantitative estimate of drug-likeness (QED) is 0.810. The number of primary amides is 1. The van der Waals surface area contributed by atoms with Gasteiger partial charge in [-0.2, -0.15) is 0 Å². The van der Waals surface area contributed by atoms with Gasteiger partial charge in [-0.1, -0.05) is 18.2 Å². The van der Waals surface area contributed by atoms with E-state index in [4.69, 9.17) is 5.73 Å². The predicted molar refractivity (Wildman–Crippen MR) is 86.7 cm³/mol. The van der Waals surface area contributed by atoms with Crippen LogP contribution in [0.15, 0.2) is 42.5 Å². The van der Waals surface area contributed by atoms with E-state index >= 15 is 0 Å². The molecule has 2 rings (SSSR count). The number of carbonyl (C=O) groups is 2. The van der Waals surface area contributed by atoms with Crippen molar-refractivity contribution in [2.75, 3.05) is 5.32 Å². The van der Waals surface area contributed by atoms with E-state index in [2.05, 4.69) is 10.6 Å². The molecule has 0 aliphatic rings. The number of aryl methyl sites for hydroxylation is 1. The number of nitrogens with two attached hydrogens (primary N) is 1. The zero-order valence-electron chi connectivity index (χ0n) is 12.9. The van der Waals surface area contributed by atoms with Crippen molar-refractivity contribution in [2.45, 2.75) is 19.9 Å². The molecular weight excluding hydrogens is 297 g/mol. The van der Waals surface area contributed by atoms with Gasteiger partial charge in [0, 0.05) is 11.3 Å². The molecule has 0 aromatic heterocycles. The van der Waals surface area contributed by atoms with E-state index in [1.165, 1.54) is 18.2 Å². The zero-order chi connectivity index (χ0) is 17.0. The van der Waals surface area contributed by atoms with Crippen LogP contribution in [0.2, 0.25) is 0 Å². The Morgan fingerprint density at radius 2 is 1.91 bits per heavy atom. The van der Waals surface area contributed by atoms with E-state index in [1.54, 1.807) is 32.0 Å². The molecule has 0 saturated heterocycles. The largest absolute Gasteiger partial charge is 0.366 e. The first-order chi connectivity index (χ1) is 10.9.